The predicted octanol–water partition coefficient (Wildman–Crippen LogP) is 3.08. The van der Waals surface area contributed by atoms with Crippen LogP contribution in [0.3, 0.4) is 0 Å². The summed E-state index contributed by atoms with van der Waals surface area (Å²) in [4.78, 5) is 0. The molecule has 0 radical (unpaired) electrons. The molecule has 1 rings (SSSR count). The Kier molecular flexibility index (Phi) is 4.46. The number of hydrogen-bond donors (Lipinski definition) is 0. The zero-order chi connectivity index (χ0) is 10.4. The van der Waals surface area contributed by atoms with E-state index in [2.05, 4.69) is 31.1 Å². The molecular formula is C11H20O2Si. The van der Waals surface area contributed by atoms with Gasteiger partial charge in [0.25, 0.3) is 0 Å². The third-order valence-electron chi connectivity index (χ3n) is 1.94. The molecule has 0 saturated carbocycles. The Bertz CT molecular complexity index is 218. The molecule has 1 fully saturated rings. The third-order valence-corrected chi connectivity index (χ3v) is 2.97. The van der Waals surface area contributed by atoms with Gasteiger partial charge in [0.05, 0.1) is 14.7 Å². The molecule has 1 saturated heterocycles. The lowest BCUT2D eigenvalue weighted by Crippen LogP contribution is -2.20. The topological polar surface area (TPSA) is 18.5 Å². The molecule has 2 nitrogen and oxygen atoms in total. The lowest BCUT2D eigenvalue weighted by atomic mass is 10.2. The molecular weight excluding hydrogens is 192 g/mol. The van der Waals surface area contributed by atoms with Crippen molar-refractivity contribution in [3.63, 3.8) is 0 Å². The van der Waals surface area contributed by atoms with Gasteiger partial charge in [-0.3, -0.25) is 0 Å². The molecule has 1 unspecified atom stereocenters. The fourth-order valence-corrected chi connectivity index (χ4v) is 1.79. The number of rotatable bonds is 3. The number of hydrogen-bond acceptors (Lipinski definition) is 2. The summed E-state index contributed by atoms with van der Waals surface area (Å²) in [6, 6.07) is 0. The van der Waals surface area contributed by atoms with Gasteiger partial charge in [0, 0.05) is 6.42 Å². The van der Waals surface area contributed by atoms with E-state index in [0.29, 0.717) is 0 Å². The third kappa shape index (κ3) is 5.27. The van der Waals surface area contributed by atoms with Crippen molar-refractivity contribution in [1.82, 2.24) is 0 Å². The quantitative estimate of drug-likeness (QED) is 0.406. The van der Waals surface area contributed by atoms with E-state index in [1.807, 2.05) is 0 Å². The van der Waals surface area contributed by atoms with Crippen molar-refractivity contribution in [3.8, 4) is 0 Å². The van der Waals surface area contributed by atoms with Crippen LogP contribution >= 0.6 is 0 Å². The largest absolute Gasteiger partial charge is 0.464 e. The van der Waals surface area contributed by atoms with Gasteiger partial charge in [-0.05, 0) is 12.8 Å². The van der Waals surface area contributed by atoms with Crippen molar-refractivity contribution in [2.75, 3.05) is 6.61 Å². The normalized spacial score (nSPS) is 22.4. The maximum atomic E-state index is 5.41. The van der Waals surface area contributed by atoms with Crippen LogP contribution in [0.2, 0.25) is 19.6 Å². The van der Waals surface area contributed by atoms with Crippen LogP contribution in [-0.4, -0.2) is 21.0 Å². The molecule has 0 aromatic carbocycles. The van der Waals surface area contributed by atoms with E-state index in [1.165, 1.54) is 6.42 Å². The Hall–Kier alpha value is -0.503. The highest BCUT2D eigenvalue weighted by atomic mass is 28.3. The average molecular weight is 212 g/mol. The Morgan fingerprint density at radius 3 is 2.71 bits per heavy atom. The molecule has 3 heteroatoms. The van der Waals surface area contributed by atoms with Gasteiger partial charge in [0.1, 0.15) is 6.26 Å². The fourth-order valence-electron chi connectivity index (χ4n) is 1.22. The summed E-state index contributed by atoms with van der Waals surface area (Å²) in [5.41, 5.74) is 5.22. The van der Waals surface area contributed by atoms with Gasteiger partial charge in [0.15, 0.2) is 6.29 Å². The molecule has 0 amide bonds. The summed E-state index contributed by atoms with van der Waals surface area (Å²) < 4.78 is 10.8. The van der Waals surface area contributed by atoms with Crippen LogP contribution in [0.4, 0.5) is 0 Å². The second-order valence-corrected chi connectivity index (χ2v) is 9.75. The van der Waals surface area contributed by atoms with Gasteiger partial charge < -0.3 is 9.47 Å². The monoisotopic (exact) mass is 212 g/mol. The highest BCUT2D eigenvalue weighted by Gasteiger charge is 2.12. The summed E-state index contributed by atoms with van der Waals surface area (Å²) in [6.45, 7) is 7.64. The summed E-state index contributed by atoms with van der Waals surface area (Å²) in [5, 5.41) is 0. The van der Waals surface area contributed by atoms with E-state index in [4.69, 9.17) is 9.47 Å². The maximum absolute atomic E-state index is 5.41. The second-order valence-electron chi connectivity index (χ2n) is 4.73. The Balaban J connectivity index is 2.28. The van der Waals surface area contributed by atoms with Gasteiger partial charge >= 0.3 is 0 Å². The van der Waals surface area contributed by atoms with Crippen molar-refractivity contribution >= 4 is 8.07 Å². The van der Waals surface area contributed by atoms with Crippen LogP contribution in [-0.2, 0) is 9.47 Å². The van der Waals surface area contributed by atoms with E-state index in [1.54, 1.807) is 6.26 Å². The van der Waals surface area contributed by atoms with Crippen molar-refractivity contribution in [3.05, 3.63) is 17.7 Å². The highest BCUT2D eigenvalue weighted by Crippen LogP contribution is 2.13. The van der Waals surface area contributed by atoms with Crippen molar-refractivity contribution < 1.29 is 9.47 Å². The van der Waals surface area contributed by atoms with Crippen LogP contribution in [0, 0.1) is 0 Å². The van der Waals surface area contributed by atoms with Crippen LogP contribution in [0.25, 0.3) is 0 Å². The number of ether oxygens (including phenoxy) is 2. The minimum absolute atomic E-state index is 0.0358. The Morgan fingerprint density at radius 2 is 2.14 bits per heavy atom. The molecule has 0 bridgehead atoms. The van der Waals surface area contributed by atoms with E-state index in [0.717, 1.165) is 19.4 Å². The van der Waals surface area contributed by atoms with E-state index in [-0.39, 0.29) is 6.29 Å². The summed E-state index contributed by atoms with van der Waals surface area (Å²) >= 11 is 0. The lowest BCUT2D eigenvalue weighted by molar-refractivity contribution is -0.129. The van der Waals surface area contributed by atoms with Crippen LogP contribution < -0.4 is 0 Å². The first-order valence-electron chi connectivity index (χ1n) is 5.27. The van der Waals surface area contributed by atoms with Gasteiger partial charge in [-0.2, -0.15) is 0 Å². The van der Waals surface area contributed by atoms with Crippen LogP contribution in [0.1, 0.15) is 19.3 Å². The fraction of sp³-hybridized carbons (Fsp3) is 0.727. The molecule has 0 N–H and O–H groups in total. The minimum Gasteiger partial charge on any atom is -0.464 e. The molecule has 14 heavy (non-hydrogen) atoms. The highest BCUT2D eigenvalue weighted by molar-refractivity contribution is 6.80. The zero-order valence-corrected chi connectivity index (χ0v) is 10.4. The van der Waals surface area contributed by atoms with Crippen LogP contribution in [0.5, 0.6) is 0 Å². The molecule has 1 atom stereocenters. The average Bonchev–Trinajstić information content (AvgIpc) is 2.13. The second kappa shape index (κ2) is 5.40. The smallest absolute Gasteiger partial charge is 0.199 e. The van der Waals surface area contributed by atoms with E-state index in [9.17, 15) is 0 Å². The molecule has 1 heterocycles. The molecule has 0 aromatic heterocycles. The Labute approximate surface area is 87.6 Å². The van der Waals surface area contributed by atoms with E-state index >= 15 is 0 Å². The summed E-state index contributed by atoms with van der Waals surface area (Å²) in [5.74, 6) is 0. The predicted molar refractivity (Wildman–Crippen MR) is 60.7 cm³/mol. The molecule has 1 aliphatic heterocycles. The van der Waals surface area contributed by atoms with Crippen molar-refractivity contribution in [1.29, 1.82) is 0 Å². The first kappa shape index (κ1) is 11.6. The lowest BCUT2D eigenvalue weighted by Gasteiger charge is -2.20. The molecule has 0 aliphatic carbocycles. The molecule has 80 valence electrons. The van der Waals surface area contributed by atoms with Gasteiger partial charge in [-0.15, -0.1) is 0 Å². The Morgan fingerprint density at radius 1 is 1.36 bits per heavy atom. The molecule has 1 aliphatic rings. The summed E-state index contributed by atoms with van der Waals surface area (Å²) in [7, 11) is -1.13. The standard InChI is InChI=1S/C11H20O2Si/c1-14(2,3)10-6-9-13-11-7-4-5-8-12-11/h9-11H,4-5,7-8H2,1-3H3. The SMILES string of the molecule is C[Si](C)(C)C=C=COC1CCCCO1. The zero-order valence-electron chi connectivity index (χ0n) is 9.38. The maximum Gasteiger partial charge on any atom is 0.199 e. The first-order valence-corrected chi connectivity index (χ1v) is 8.85. The van der Waals surface area contributed by atoms with Crippen molar-refractivity contribution in [2.24, 2.45) is 0 Å². The van der Waals surface area contributed by atoms with Gasteiger partial charge in [-0.25, -0.2) is 0 Å². The van der Waals surface area contributed by atoms with Crippen molar-refractivity contribution in [2.45, 2.75) is 45.2 Å². The molecule has 0 spiro atoms. The van der Waals surface area contributed by atoms with Crippen LogP contribution in [0.15, 0.2) is 17.7 Å². The van der Waals surface area contributed by atoms with Gasteiger partial charge in [0.2, 0.25) is 0 Å². The minimum atomic E-state index is -1.13. The van der Waals surface area contributed by atoms with Gasteiger partial charge in [-0.1, -0.05) is 31.1 Å². The summed E-state index contributed by atoms with van der Waals surface area (Å²) in [6.07, 6.45) is 4.98. The first-order chi connectivity index (χ1) is 6.58. The molecule has 0 aromatic rings. The van der Waals surface area contributed by atoms with E-state index < -0.39 is 8.07 Å².